The minimum Gasteiger partial charge on any atom is -0.351 e. The SMILES string of the molecule is Cc1ccnc2c1c1c(n2Cc2ccc(C(C(=O)NCc3ccc(N=O)cc3)C3CCCCCC3)cc2)CCCC1. The van der Waals surface area contributed by atoms with Gasteiger partial charge in [0.1, 0.15) is 11.3 Å². The number of nitrogens with zero attached hydrogens (tertiary/aromatic N) is 3. The van der Waals surface area contributed by atoms with Crippen molar-refractivity contribution in [2.75, 3.05) is 0 Å². The van der Waals surface area contributed by atoms with Crippen molar-refractivity contribution < 1.29 is 4.79 Å². The summed E-state index contributed by atoms with van der Waals surface area (Å²) < 4.78 is 2.44. The average Bonchev–Trinajstić information content (AvgIpc) is 3.13. The summed E-state index contributed by atoms with van der Waals surface area (Å²) in [4.78, 5) is 29.3. The van der Waals surface area contributed by atoms with Crippen LogP contribution in [0.5, 0.6) is 0 Å². The number of carbonyl (C=O) groups excluding carboxylic acids is 1. The highest BCUT2D eigenvalue weighted by molar-refractivity contribution is 5.86. The van der Waals surface area contributed by atoms with Crippen molar-refractivity contribution in [1.82, 2.24) is 14.9 Å². The van der Waals surface area contributed by atoms with Gasteiger partial charge in [0.25, 0.3) is 0 Å². The molecule has 2 aromatic carbocycles. The van der Waals surface area contributed by atoms with Gasteiger partial charge in [0.05, 0.1) is 5.92 Å². The van der Waals surface area contributed by atoms with Crippen LogP contribution in [-0.4, -0.2) is 15.5 Å². The lowest BCUT2D eigenvalue weighted by atomic mass is 9.80. The molecule has 1 amide bonds. The van der Waals surface area contributed by atoms with E-state index in [1.54, 1.807) is 12.1 Å². The van der Waals surface area contributed by atoms with Crippen LogP contribution in [0, 0.1) is 17.7 Å². The molecule has 212 valence electrons. The second-order valence-corrected chi connectivity index (χ2v) is 12.0. The monoisotopic (exact) mass is 548 g/mol. The van der Waals surface area contributed by atoms with Crippen LogP contribution in [0.15, 0.2) is 66.0 Å². The summed E-state index contributed by atoms with van der Waals surface area (Å²) in [6.07, 6.45) is 13.7. The average molecular weight is 549 g/mol. The van der Waals surface area contributed by atoms with E-state index in [4.69, 9.17) is 4.98 Å². The van der Waals surface area contributed by atoms with Crippen LogP contribution in [0.3, 0.4) is 0 Å². The maximum atomic E-state index is 13.7. The molecule has 1 atom stereocenters. The van der Waals surface area contributed by atoms with Crippen LogP contribution < -0.4 is 5.32 Å². The molecule has 0 bridgehead atoms. The summed E-state index contributed by atoms with van der Waals surface area (Å²) in [7, 11) is 0. The van der Waals surface area contributed by atoms with Crippen molar-refractivity contribution in [3.05, 3.63) is 99.2 Å². The van der Waals surface area contributed by atoms with Gasteiger partial charge in [-0.05, 0) is 103 Å². The molecule has 41 heavy (non-hydrogen) atoms. The van der Waals surface area contributed by atoms with Crippen molar-refractivity contribution in [1.29, 1.82) is 0 Å². The van der Waals surface area contributed by atoms with Gasteiger partial charge in [0.15, 0.2) is 0 Å². The summed E-state index contributed by atoms with van der Waals surface area (Å²) in [6.45, 7) is 3.44. The van der Waals surface area contributed by atoms with E-state index in [0.717, 1.165) is 49.0 Å². The van der Waals surface area contributed by atoms with Crippen LogP contribution in [0.25, 0.3) is 11.0 Å². The van der Waals surface area contributed by atoms with Crippen molar-refractivity contribution >= 4 is 22.6 Å². The summed E-state index contributed by atoms with van der Waals surface area (Å²) in [5.74, 6) is 0.271. The number of hydrogen-bond donors (Lipinski definition) is 1. The number of pyridine rings is 1. The molecule has 0 aliphatic heterocycles. The molecular formula is C35H40N4O2. The van der Waals surface area contributed by atoms with E-state index in [2.05, 4.69) is 52.3 Å². The zero-order chi connectivity index (χ0) is 28.2. The number of aromatic nitrogens is 2. The van der Waals surface area contributed by atoms with E-state index < -0.39 is 0 Å². The van der Waals surface area contributed by atoms with E-state index in [1.807, 2.05) is 18.3 Å². The lowest BCUT2D eigenvalue weighted by Gasteiger charge is -2.26. The van der Waals surface area contributed by atoms with E-state index in [9.17, 15) is 9.70 Å². The van der Waals surface area contributed by atoms with Crippen LogP contribution in [0.2, 0.25) is 0 Å². The fourth-order valence-electron chi connectivity index (χ4n) is 7.14. The Morgan fingerprint density at radius 1 is 0.927 bits per heavy atom. The minimum atomic E-state index is -0.164. The highest BCUT2D eigenvalue weighted by atomic mass is 16.3. The van der Waals surface area contributed by atoms with Gasteiger partial charge in [0.2, 0.25) is 5.91 Å². The van der Waals surface area contributed by atoms with Crippen LogP contribution in [0.1, 0.15) is 90.8 Å². The van der Waals surface area contributed by atoms with E-state index in [-0.39, 0.29) is 11.8 Å². The Balaban J connectivity index is 1.25. The van der Waals surface area contributed by atoms with E-state index >= 15 is 0 Å². The third kappa shape index (κ3) is 5.83. The molecule has 0 radical (unpaired) electrons. The van der Waals surface area contributed by atoms with E-state index in [0.29, 0.717) is 18.2 Å². The topological polar surface area (TPSA) is 76.3 Å². The predicted octanol–water partition coefficient (Wildman–Crippen LogP) is 8.04. The minimum absolute atomic E-state index is 0.0902. The third-order valence-corrected chi connectivity index (χ3v) is 9.30. The fraction of sp³-hybridized carbons (Fsp3) is 0.429. The molecule has 1 N–H and O–H groups in total. The number of aryl methyl sites for hydroxylation is 2. The van der Waals surface area contributed by atoms with Crippen LogP contribution in [-0.2, 0) is 30.7 Å². The van der Waals surface area contributed by atoms with Gasteiger partial charge < -0.3 is 9.88 Å². The smallest absolute Gasteiger partial charge is 0.228 e. The maximum Gasteiger partial charge on any atom is 0.228 e. The number of fused-ring (bicyclic) bond motifs is 3. The molecule has 2 aliphatic carbocycles. The summed E-state index contributed by atoms with van der Waals surface area (Å²) in [5, 5.41) is 7.52. The molecule has 2 aliphatic rings. The molecule has 6 heteroatoms. The number of nitroso groups, excluding NO2 is 1. The normalized spacial score (nSPS) is 16.6. The number of amides is 1. The summed E-state index contributed by atoms with van der Waals surface area (Å²) >= 11 is 0. The summed E-state index contributed by atoms with van der Waals surface area (Å²) in [5.41, 5.74) is 9.07. The number of rotatable bonds is 8. The Morgan fingerprint density at radius 2 is 1.63 bits per heavy atom. The lowest BCUT2D eigenvalue weighted by Crippen LogP contribution is -2.33. The number of carbonyl (C=O) groups is 1. The number of benzene rings is 2. The van der Waals surface area contributed by atoms with Crippen LogP contribution >= 0.6 is 0 Å². The first-order valence-corrected chi connectivity index (χ1v) is 15.4. The highest BCUT2D eigenvalue weighted by Crippen LogP contribution is 2.37. The van der Waals surface area contributed by atoms with Gasteiger partial charge in [-0.2, -0.15) is 0 Å². The number of hydrogen-bond acceptors (Lipinski definition) is 4. The zero-order valence-electron chi connectivity index (χ0n) is 24.1. The molecule has 2 aromatic heterocycles. The molecule has 1 saturated carbocycles. The third-order valence-electron chi connectivity index (χ3n) is 9.30. The van der Waals surface area contributed by atoms with Gasteiger partial charge in [-0.25, -0.2) is 4.98 Å². The molecule has 1 fully saturated rings. The van der Waals surface area contributed by atoms with Gasteiger partial charge in [-0.15, -0.1) is 4.91 Å². The molecule has 0 saturated heterocycles. The van der Waals surface area contributed by atoms with Crippen LogP contribution in [0.4, 0.5) is 5.69 Å². The van der Waals surface area contributed by atoms with Crippen molar-refractivity contribution in [2.24, 2.45) is 11.1 Å². The number of nitrogens with one attached hydrogen (secondary N) is 1. The Morgan fingerprint density at radius 3 is 2.37 bits per heavy atom. The Bertz CT molecular complexity index is 1510. The standard InChI is InChI=1S/C35H40N4O2/c1-24-20-21-36-34-32(24)30-10-6-7-11-31(30)39(34)23-26-12-16-28(17-13-26)33(27-8-4-2-3-5-9-27)35(40)37-22-25-14-18-29(38-41)19-15-25/h12-21,27,33H,2-11,22-23H2,1H3,(H,37,40). The largest absolute Gasteiger partial charge is 0.351 e. The molecule has 2 heterocycles. The Hall–Kier alpha value is -3.80. The first-order chi connectivity index (χ1) is 20.1. The van der Waals surface area contributed by atoms with Crippen molar-refractivity contribution in [3.8, 4) is 0 Å². The molecule has 1 unspecified atom stereocenters. The first-order valence-electron chi connectivity index (χ1n) is 15.4. The van der Waals surface area contributed by atoms with Crippen molar-refractivity contribution in [2.45, 2.75) is 90.1 Å². The van der Waals surface area contributed by atoms with Gasteiger partial charge in [-0.3, -0.25) is 4.79 Å². The Kier molecular flexibility index (Phi) is 8.26. The second kappa shape index (κ2) is 12.4. The van der Waals surface area contributed by atoms with Crippen molar-refractivity contribution in [3.63, 3.8) is 0 Å². The fourth-order valence-corrected chi connectivity index (χ4v) is 7.14. The molecular weight excluding hydrogens is 508 g/mol. The van der Waals surface area contributed by atoms with Gasteiger partial charge in [0, 0.05) is 30.4 Å². The van der Waals surface area contributed by atoms with Gasteiger partial charge in [-0.1, -0.05) is 62.1 Å². The molecule has 4 aromatic rings. The van der Waals surface area contributed by atoms with Gasteiger partial charge >= 0.3 is 0 Å². The van der Waals surface area contributed by atoms with E-state index in [1.165, 1.54) is 66.3 Å². The molecule has 6 nitrogen and oxygen atoms in total. The molecule has 0 spiro atoms. The first kappa shape index (κ1) is 27.4. The predicted molar refractivity (Wildman–Crippen MR) is 164 cm³/mol. The highest BCUT2D eigenvalue weighted by Gasteiger charge is 2.30. The molecule has 6 rings (SSSR count). The maximum absolute atomic E-state index is 13.7. The quantitative estimate of drug-likeness (QED) is 0.179. The second-order valence-electron chi connectivity index (χ2n) is 12.0. The Labute approximate surface area is 242 Å². The zero-order valence-corrected chi connectivity index (χ0v) is 24.1. The lowest BCUT2D eigenvalue weighted by molar-refractivity contribution is -0.124. The summed E-state index contributed by atoms with van der Waals surface area (Å²) in [6, 6.07) is 18.0.